The first-order chi connectivity index (χ1) is 9.29. The van der Waals surface area contributed by atoms with Gasteiger partial charge in [-0.3, -0.25) is 4.79 Å². The number of carbonyl (C=O) groups is 1. The van der Waals surface area contributed by atoms with Crippen LogP contribution in [0.3, 0.4) is 0 Å². The zero-order valence-electron chi connectivity index (χ0n) is 11.2. The van der Waals surface area contributed by atoms with Crippen LogP contribution in [0, 0.1) is 5.92 Å². The molecule has 6 heteroatoms. The summed E-state index contributed by atoms with van der Waals surface area (Å²) < 4.78 is 0. The highest BCUT2D eigenvalue weighted by Crippen LogP contribution is 2.22. The predicted octanol–water partition coefficient (Wildman–Crippen LogP) is 1.78. The Labute approximate surface area is 118 Å². The summed E-state index contributed by atoms with van der Waals surface area (Å²) in [4.78, 5) is 11.9. The monoisotopic (exact) mass is 280 g/mol. The molecule has 104 valence electrons. The zero-order chi connectivity index (χ0) is 13.5. The van der Waals surface area contributed by atoms with Gasteiger partial charge < -0.3 is 10.6 Å². The third kappa shape index (κ3) is 4.38. The number of aromatic nitrogens is 2. The standard InChI is InChI=1S/C13H20N4OS/c1-2-6-14-12-4-3-11(16-17-12)13(18)15-8-10-5-7-19-9-10/h3-4,10H,2,5-9H2,1H3,(H,14,17)(H,15,18). The zero-order valence-corrected chi connectivity index (χ0v) is 12.0. The quantitative estimate of drug-likeness (QED) is 0.831. The average molecular weight is 280 g/mol. The molecule has 0 saturated carbocycles. The van der Waals surface area contributed by atoms with Crippen molar-refractivity contribution in [2.75, 3.05) is 29.9 Å². The van der Waals surface area contributed by atoms with E-state index >= 15 is 0 Å². The van der Waals surface area contributed by atoms with E-state index in [-0.39, 0.29) is 5.91 Å². The van der Waals surface area contributed by atoms with Crippen LogP contribution in [0.2, 0.25) is 0 Å². The molecule has 1 aromatic rings. The molecule has 1 atom stereocenters. The number of rotatable bonds is 6. The number of anilines is 1. The van der Waals surface area contributed by atoms with Gasteiger partial charge in [0.2, 0.25) is 0 Å². The van der Waals surface area contributed by atoms with E-state index in [2.05, 4.69) is 27.8 Å². The first kappa shape index (κ1) is 14.1. The minimum atomic E-state index is -0.133. The number of carbonyl (C=O) groups excluding carboxylic acids is 1. The smallest absolute Gasteiger partial charge is 0.271 e. The molecule has 1 saturated heterocycles. The molecule has 0 radical (unpaired) electrons. The van der Waals surface area contributed by atoms with Crippen molar-refractivity contribution in [3.05, 3.63) is 17.8 Å². The first-order valence-electron chi connectivity index (χ1n) is 6.73. The number of nitrogens with zero attached hydrogens (tertiary/aromatic N) is 2. The van der Waals surface area contributed by atoms with E-state index in [9.17, 15) is 4.79 Å². The van der Waals surface area contributed by atoms with Crippen molar-refractivity contribution in [2.45, 2.75) is 19.8 Å². The van der Waals surface area contributed by atoms with E-state index in [1.807, 2.05) is 11.8 Å². The van der Waals surface area contributed by atoms with Gasteiger partial charge in [-0.15, -0.1) is 10.2 Å². The lowest BCUT2D eigenvalue weighted by atomic mass is 10.1. The Hall–Kier alpha value is -1.30. The molecule has 1 aliphatic rings. The van der Waals surface area contributed by atoms with Crippen LogP contribution in [-0.4, -0.2) is 40.7 Å². The average Bonchev–Trinajstić information content (AvgIpc) is 2.96. The summed E-state index contributed by atoms with van der Waals surface area (Å²) in [6, 6.07) is 3.51. The maximum atomic E-state index is 11.9. The van der Waals surface area contributed by atoms with Gasteiger partial charge in [0.15, 0.2) is 5.69 Å². The second-order valence-corrected chi connectivity index (χ2v) is 5.82. The largest absolute Gasteiger partial charge is 0.369 e. The van der Waals surface area contributed by atoms with Crippen LogP contribution in [0.5, 0.6) is 0 Å². The highest BCUT2D eigenvalue weighted by Gasteiger charge is 2.17. The van der Waals surface area contributed by atoms with Crippen molar-refractivity contribution in [2.24, 2.45) is 5.92 Å². The lowest BCUT2D eigenvalue weighted by molar-refractivity contribution is 0.0942. The number of amides is 1. The predicted molar refractivity (Wildman–Crippen MR) is 78.6 cm³/mol. The fourth-order valence-electron chi connectivity index (χ4n) is 1.87. The molecule has 2 heterocycles. The summed E-state index contributed by atoms with van der Waals surface area (Å²) in [5.41, 5.74) is 0.382. The fourth-order valence-corrected chi connectivity index (χ4v) is 3.16. The molecule has 0 aliphatic carbocycles. The molecule has 0 aromatic carbocycles. The second kappa shape index (κ2) is 7.33. The lowest BCUT2D eigenvalue weighted by Crippen LogP contribution is -2.30. The van der Waals surface area contributed by atoms with E-state index in [0.29, 0.717) is 17.4 Å². The van der Waals surface area contributed by atoms with Crippen LogP contribution in [-0.2, 0) is 0 Å². The van der Waals surface area contributed by atoms with Crippen molar-refractivity contribution in [1.82, 2.24) is 15.5 Å². The molecule has 1 amide bonds. The molecule has 0 spiro atoms. The van der Waals surface area contributed by atoms with E-state index in [0.717, 1.165) is 25.3 Å². The van der Waals surface area contributed by atoms with Crippen molar-refractivity contribution in [3.8, 4) is 0 Å². The van der Waals surface area contributed by atoms with Crippen LogP contribution in [0.4, 0.5) is 5.82 Å². The Morgan fingerprint density at radius 3 is 3.00 bits per heavy atom. The van der Waals surface area contributed by atoms with Gasteiger partial charge in [-0.2, -0.15) is 11.8 Å². The maximum absolute atomic E-state index is 11.9. The summed E-state index contributed by atoms with van der Waals surface area (Å²) in [5.74, 6) is 3.54. The summed E-state index contributed by atoms with van der Waals surface area (Å²) in [5, 5.41) is 14.0. The Morgan fingerprint density at radius 2 is 2.37 bits per heavy atom. The summed E-state index contributed by atoms with van der Waals surface area (Å²) >= 11 is 1.95. The van der Waals surface area contributed by atoms with E-state index in [4.69, 9.17) is 0 Å². The minimum absolute atomic E-state index is 0.133. The molecule has 19 heavy (non-hydrogen) atoms. The molecule has 2 rings (SSSR count). The molecule has 2 N–H and O–H groups in total. The summed E-state index contributed by atoms with van der Waals surface area (Å²) in [6.07, 6.45) is 2.22. The van der Waals surface area contributed by atoms with Crippen LogP contribution in [0.15, 0.2) is 12.1 Å². The van der Waals surface area contributed by atoms with Gasteiger partial charge in [-0.1, -0.05) is 6.92 Å². The SMILES string of the molecule is CCCNc1ccc(C(=O)NCC2CCSC2)nn1. The minimum Gasteiger partial charge on any atom is -0.369 e. The van der Waals surface area contributed by atoms with Crippen LogP contribution < -0.4 is 10.6 Å². The Morgan fingerprint density at radius 1 is 1.47 bits per heavy atom. The highest BCUT2D eigenvalue weighted by atomic mass is 32.2. The molecule has 0 bridgehead atoms. The van der Waals surface area contributed by atoms with E-state index in [1.165, 1.54) is 12.2 Å². The normalized spacial score (nSPS) is 18.3. The molecule has 1 aliphatic heterocycles. The van der Waals surface area contributed by atoms with Gasteiger partial charge >= 0.3 is 0 Å². The summed E-state index contributed by atoms with van der Waals surface area (Å²) in [7, 11) is 0. The number of thioether (sulfide) groups is 1. The van der Waals surface area contributed by atoms with Gasteiger partial charge in [0.05, 0.1) is 0 Å². The third-order valence-corrected chi connectivity index (χ3v) is 4.26. The van der Waals surface area contributed by atoms with Crippen molar-refractivity contribution in [1.29, 1.82) is 0 Å². The number of hydrogen-bond donors (Lipinski definition) is 2. The van der Waals surface area contributed by atoms with Gasteiger partial charge in [0.25, 0.3) is 5.91 Å². The fraction of sp³-hybridized carbons (Fsp3) is 0.615. The van der Waals surface area contributed by atoms with Crippen LogP contribution in [0.25, 0.3) is 0 Å². The second-order valence-electron chi connectivity index (χ2n) is 4.67. The van der Waals surface area contributed by atoms with Gasteiger partial charge in [-0.25, -0.2) is 0 Å². The topological polar surface area (TPSA) is 66.9 Å². The Balaban J connectivity index is 1.81. The van der Waals surface area contributed by atoms with Gasteiger partial charge in [0, 0.05) is 13.1 Å². The maximum Gasteiger partial charge on any atom is 0.271 e. The molecule has 5 nitrogen and oxygen atoms in total. The van der Waals surface area contributed by atoms with E-state index in [1.54, 1.807) is 12.1 Å². The number of nitrogens with one attached hydrogen (secondary N) is 2. The highest BCUT2D eigenvalue weighted by molar-refractivity contribution is 7.99. The molecular formula is C13H20N4OS. The molecule has 1 aromatic heterocycles. The van der Waals surface area contributed by atoms with Crippen molar-refractivity contribution in [3.63, 3.8) is 0 Å². The number of hydrogen-bond acceptors (Lipinski definition) is 5. The third-order valence-electron chi connectivity index (χ3n) is 3.03. The lowest BCUT2D eigenvalue weighted by Gasteiger charge is -2.09. The van der Waals surface area contributed by atoms with Gasteiger partial charge in [0.1, 0.15) is 5.82 Å². The first-order valence-corrected chi connectivity index (χ1v) is 7.88. The Kier molecular flexibility index (Phi) is 5.44. The van der Waals surface area contributed by atoms with Crippen LogP contribution >= 0.6 is 11.8 Å². The molecule has 1 unspecified atom stereocenters. The van der Waals surface area contributed by atoms with Gasteiger partial charge in [-0.05, 0) is 42.4 Å². The summed E-state index contributed by atoms with van der Waals surface area (Å²) in [6.45, 7) is 3.69. The molecule has 1 fully saturated rings. The van der Waals surface area contributed by atoms with Crippen LogP contribution in [0.1, 0.15) is 30.3 Å². The van der Waals surface area contributed by atoms with Crippen molar-refractivity contribution >= 4 is 23.5 Å². The van der Waals surface area contributed by atoms with Crippen molar-refractivity contribution < 1.29 is 4.79 Å². The Bertz CT molecular complexity index is 404. The molecular weight excluding hydrogens is 260 g/mol. The van der Waals surface area contributed by atoms with E-state index < -0.39 is 0 Å².